The Hall–Kier alpha value is -1.43. The topological polar surface area (TPSA) is 81.2 Å². The Bertz CT molecular complexity index is 373. The lowest BCUT2D eigenvalue weighted by Gasteiger charge is -1.98. The van der Waals surface area contributed by atoms with E-state index in [1.54, 1.807) is 0 Å². The number of hydrogen-bond donors (Lipinski definition) is 1. The van der Waals surface area contributed by atoms with Gasteiger partial charge in [0.15, 0.2) is 5.82 Å². The Morgan fingerprint density at radius 3 is 3.25 bits per heavy atom. The van der Waals surface area contributed by atoms with Crippen molar-refractivity contribution >= 4 is 5.82 Å². The van der Waals surface area contributed by atoms with E-state index in [0.717, 1.165) is 10.8 Å². The minimum atomic E-state index is -2.52. The van der Waals surface area contributed by atoms with Crippen molar-refractivity contribution in [1.29, 1.82) is 0 Å². The number of hydrogen-bond acceptors (Lipinski definition) is 4. The summed E-state index contributed by atoms with van der Waals surface area (Å²) in [6.07, 6.45) is 0.872. The van der Waals surface area contributed by atoms with Crippen molar-refractivity contribution in [2.75, 3.05) is 6.61 Å². The summed E-state index contributed by atoms with van der Waals surface area (Å²) < 4.78 is 22.2. The third-order valence-electron chi connectivity index (χ3n) is 1.35. The van der Waals surface area contributed by atoms with E-state index in [0.29, 0.717) is 0 Å². The van der Waals surface area contributed by atoms with Gasteiger partial charge in [-0.2, -0.15) is 0 Å². The molecule has 0 atom stereocenters. The number of aliphatic hydroxyl groups is 1. The van der Waals surface area contributed by atoms with Crippen LogP contribution >= 0.6 is 0 Å². The number of imidazole rings is 1. The van der Waals surface area contributed by atoms with Gasteiger partial charge in [-0.05, 0) is 4.92 Å². The normalized spacial score (nSPS) is 14.9. The number of aryl methyl sites for hydroxylation is 1. The fourth-order valence-electron chi connectivity index (χ4n) is 0.833. The quantitative estimate of drug-likeness (QED) is 0.520. The van der Waals surface area contributed by atoms with Gasteiger partial charge in [-0.1, -0.05) is 0 Å². The molecular formula is C6H9N3O3. The van der Waals surface area contributed by atoms with Crippen molar-refractivity contribution in [3.8, 4) is 0 Å². The Kier molecular flexibility index (Phi) is 1.45. The van der Waals surface area contributed by atoms with Crippen LogP contribution in [-0.2, 0) is 6.54 Å². The molecule has 66 valence electrons. The second-order valence-corrected chi connectivity index (χ2v) is 2.07. The van der Waals surface area contributed by atoms with Gasteiger partial charge in [-0.3, -0.25) is 0 Å². The van der Waals surface area contributed by atoms with Crippen LogP contribution < -0.4 is 0 Å². The largest absolute Gasteiger partial charge is 0.392 e. The van der Waals surface area contributed by atoms with Gasteiger partial charge in [-0.15, -0.1) is 0 Å². The van der Waals surface area contributed by atoms with E-state index in [-0.39, 0.29) is 19.0 Å². The van der Waals surface area contributed by atoms with Gasteiger partial charge in [0.1, 0.15) is 12.7 Å². The molecule has 0 saturated heterocycles. The predicted octanol–water partition coefficient (Wildman–Crippen LogP) is 0.0920. The number of aliphatic hydroxyl groups excluding tert-OH is 1. The first kappa shape index (κ1) is 5.26. The second-order valence-electron chi connectivity index (χ2n) is 2.07. The average Bonchev–Trinajstić information content (AvgIpc) is 2.47. The van der Waals surface area contributed by atoms with Crippen LogP contribution in [-0.4, -0.2) is 26.2 Å². The zero-order valence-electron chi connectivity index (χ0n) is 9.10. The predicted molar refractivity (Wildman–Crippen MR) is 40.7 cm³/mol. The van der Waals surface area contributed by atoms with E-state index < -0.39 is 17.6 Å². The van der Waals surface area contributed by atoms with Crippen molar-refractivity contribution in [3.63, 3.8) is 0 Å². The van der Waals surface area contributed by atoms with Crippen molar-refractivity contribution in [2.45, 2.75) is 13.4 Å². The summed E-state index contributed by atoms with van der Waals surface area (Å²) in [5, 5.41) is 19.2. The Morgan fingerprint density at radius 2 is 2.75 bits per heavy atom. The molecule has 12 heavy (non-hydrogen) atoms. The molecule has 6 heteroatoms. The third-order valence-corrected chi connectivity index (χ3v) is 1.35. The van der Waals surface area contributed by atoms with Gasteiger partial charge in [0.05, 0.1) is 6.61 Å². The van der Waals surface area contributed by atoms with Crippen LogP contribution in [0.4, 0.5) is 5.82 Å². The molecular weight excluding hydrogens is 162 g/mol. The minimum Gasteiger partial charge on any atom is -0.392 e. The van der Waals surface area contributed by atoms with E-state index in [1.807, 2.05) is 0 Å². The Morgan fingerprint density at radius 1 is 2.00 bits per heavy atom. The highest BCUT2D eigenvalue weighted by atomic mass is 16.6. The van der Waals surface area contributed by atoms with Crippen LogP contribution in [0.1, 0.15) is 9.94 Å². The molecule has 1 heterocycles. The molecule has 0 aliphatic carbocycles. The van der Waals surface area contributed by atoms with Crippen LogP contribution in [0.5, 0.6) is 0 Å². The maximum absolute atomic E-state index is 10.5. The molecule has 0 aliphatic heterocycles. The molecule has 1 rings (SSSR count). The van der Waals surface area contributed by atoms with Gasteiger partial charge < -0.3 is 15.2 Å². The smallest absolute Gasteiger partial charge is 0.342 e. The van der Waals surface area contributed by atoms with Crippen LogP contribution in [0.3, 0.4) is 0 Å². The van der Waals surface area contributed by atoms with E-state index in [2.05, 4.69) is 4.98 Å². The first-order valence-electron chi connectivity index (χ1n) is 4.69. The molecule has 1 aromatic heterocycles. The molecule has 1 N–H and O–H groups in total. The van der Waals surface area contributed by atoms with Crippen molar-refractivity contribution < 1.29 is 14.1 Å². The van der Waals surface area contributed by atoms with E-state index in [9.17, 15) is 10.1 Å². The highest BCUT2D eigenvalue weighted by molar-refractivity contribution is 5.18. The lowest BCUT2D eigenvalue weighted by Crippen LogP contribution is -2.07. The number of nitrogens with zero attached hydrogens (tertiary/aromatic N) is 3. The summed E-state index contributed by atoms with van der Waals surface area (Å²) >= 11 is 0. The van der Waals surface area contributed by atoms with Crippen molar-refractivity contribution in [2.24, 2.45) is 0 Å². The van der Waals surface area contributed by atoms with Gasteiger partial charge in [0, 0.05) is 11.0 Å². The van der Waals surface area contributed by atoms with Gasteiger partial charge >= 0.3 is 5.82 Å². The monoisotopic (exact) mass is 174 g/mol. The average molecular weight is 174 g/mol. The van der Waals surface area contributed by atoms with E-state index in [1.165, 1.54) is 0 Å². The maximum Gasteiger partial charge on any atom is 0.342 e. The van der Waals surface area contributed by atoms with Gasteiger partial charge in [-0.25, -0.2) is 9.55 Å². The van der Waals surface area contributed by atoms with Gasteiger partial charge in [0.25, 0.3) is 0 Å². The van der Waals surface area contributed by atoms with Crippen LogP contribution in [0, 0.1) is 17.0 Å². The van der Waals surface area contributed by atoms with Crippen molar-refractivity contribution in [3.05, 3.63) is 22.1 Å². The lowest BCUT2D eigenvalue weighted by molar-refractivity contribution is -0.392. The summed E-state index contributed by atoms with van der Waals surface area (Å²) in [5.41, 5.74) is 0. The summed E-state index contributed by atoms with van der Waals surface area (Å²) in [6, 6.07) is 0. The minimum absolute atomic E-state index is 0.163. The molecule has 0 saturated carbocycles. The molecule has 0 radical (unpaired) electrons. The Balaban J connectivity index is 3.24. The number of nitro groups is 1. The molecule has 0 unspecified atom stereocenters. The first-order chi connectivity index (χ1) is 6.88. The maximum atomic E-state index is 10.5. The molecule has 0 aliphatic rings. The second kappa shape index (κ2) is 3.31. The third kappa shape index (κ3) is 1.42. The highest BCUT2D eigenvalue weighted by Gasteiger charge is 2.15. The van der Waals surface area contributed by atoms with E-state index >= 15 is 0 Å². The van der Waals surface area contributed by atoms with Crippen molar-refractivity contribution in [1.82, 2.24) is 9.55 Å². The van der Waals surface area contributed by atoms with Crippen LogP contribution in [0.25, 0.3) is 0 Å². The number of aromatic nitrogens is 2. The van der Waals surface area contributed by atoms with E-state index in [4.69, 9.17) is 9.22 Å². The highest BCUT2D eigenvalue weighted by Crippen LogP contribution is 2.12. The summed E-state index contributed by atoms with van der Waals surface area (Å²) in [7, 11) is 0. The fraction of sp³-hybridized carbons (Fsp3) is 0.500. The molecule has 6 nitrogen and oxygen atoms in total. The van der Waals surface area contributed by atoms with Gasteiger partial charge in [0.2, 0.25) is 0 Å². The van der Waals surface area contributed by atoms with Crippen LogP contribution in [0.2, 0.25) is 0 Å². The standard InChI is InChI=1S/C6H9N3O3/c1-5-7-4-6(9(11)12)8(5)2-3-10/h4,10H,2-3H2,1H3/i1D3. The fourth-order valence-corrected chi connectivity index (χ4v) is 0.833. The zero-order chi connectivity index (χ0) is 11.6. The van der Waals surface area contributed by atoms with Crippen LogP contribution in [0.15, 0.2) is 6.20 Å². The SMILES string of the molecule is [2H]C([2H])([2H])c1ncc([N+](=O)[O-])n1CCO. The molecule has 0 bridgehead atoms. The molecule has 0 spiro atoms. The first-order valence-corrected chi connectivity index (χ1v) is 3.19. The molecule has 1 aromatic rings. The Labute approximate surface area is 72.8 Å². The number of rotatable bonds is 3. The molecule has 0 fully saturated rings. The zero-order valence-corrected chi connectivity index (χ0v) is 6.10. The molecule has 0 aromatic carbocycles. The summed E-state index contributed by atoms with van der Waals surface area (Å²) in [6.45, 7) is -3.08. The summed E-state index contributed by atoms with van der Waals surface area (Å²) in [4.78, 5) is 13.3. The summed E-state index contributed by atoms with van der Waals surface area (Å²) in [5.74, 6) is -0.821. The lowest BCUT2D eigenvalue weighted by atomic mass is 10.6. The molecule has 0 amide bonds.